The molecular formula is C16H20N4O. The fraction of sp³-hybridized carbons (Fsp3) is 0.375. The number of rotatable bonds is 4. The Kier molecular flexibility index (Phi) is 4.19. The van der Waals surface area contributed by atoms with Gasteiger partial charge in [-0.15, -0.1) is 0 Å². The highest BCUT2D eigenvalue weighted by Gasteiger charge is 2.21. The topological polar surface area (TPSA) is 69.8 Å². The zero-order chi connectivity index (χ0) is 14.5. The van der Waals surface area contributed by atoms with Crippen molar-refractivity contribution in [3.8, 4) is 0 Å². The number of benzene rings is 1. The van der Waals surface area contributed by atoms with Crippen LogP contribution < -0.4 is 10.6 Å². The van der Waals surface area contributed by atoms with Crippen molar-refractivity contribution in [1.82, 2.24) is 20.8 Å². The van der Waals surface area contributed by atoms with E-state index in [2.05, 4.69) is 33.0 Å². The number of carbonyl (C=O) groups excluding carboxylic acids is 1. The van der Waals surface area contributed by atoms with Gasteiger partial charge in [0.1, 0.15) is 0 Å². The molecule has 1 unspecified atom stereocenters. The zero-order valence-electron chi connectivity index (χ0n) is 11.9. The van der Waals surface area contributed by atoms with Gasteiger partial charge in [-0.05, 0) is 30.4 Å². The molecule has 1 aromatic carbocycles. The Balaban J connectivity index is 1.41. The van der Waals surface area contributed by atoms with Crippen LogP contribution in [0.4, 0.5) is 4.79 Å². The van der Waals surface area contributed by atoms with Crippen molar-refractivity contribution >= 4 is 6.03 Å². The number of aromatic nitrogens is 2. The van der Waals surface area contributed by atoms with Crippen LogP contribution in [0.15, 0.2) is 36.5 Å². The van der Waals surface area contributed by atoms with E-state index in [4.69, 9.17) is 0 Å². The van der Waals surface area contributed by atoms with Gasteiger partial charge in [0.2, 0.25) is 0 Å². The number of urea groups is 1. The summed E-state index contributed by atoms with van der Waals surface area (Å²) >= 11 is 0. The number of H-pyrrole nitrogens is 1. The summed E-state index contributed by atoms with van der Waals surface area (Å²) in [5.41, 5.74) is 3.66. The molecule has 1 aromatic heterocycles. The number of carbonyl (C=O) groups is 1. The van der Waals surface area contributed by atoms with Crippen LogP contribution in [-0.4, -0.2) is 28.8 Å². The number of aryl methyl sites for hydroxylation is 1. The van der Waals surface area contributed by atoms with E-state index in [1.165, 1.54) is 11.1 Å². The Morgan fingerprint density at radius 3 is 3.05 bits per heavy atom. The van der Waals surface area contributed by atoms with Gasteiger partial charge in [0, 0.05) is 24.7 Å². The highest BCUT2D eigenvalue weighted by Crippen LogP contribution is 2.18. The lowest BCUT2D eigenvalue weighted by Gasteiger charge is -2.22. The molecule has 0 saturated carbocycles. The second-order valence-electron chi connectivity index (χ2n) is 5.45. The Labute approximate surface area is 124 Å². The summed E-state index contributed by atoms with van der Waals surface area (Å²) in [5.74, 6) is 0. The molecule has 0 fully saturated rings. The van der Waals surface area contributed by atoms with Crippen LogP contribution in [0.2, 0.25) is 0 Å². The molecule has 5 heteroatoms. The third-order valence-corrected chi connectivity index (χ3v) is 3.90. The van der Waals surface area contributed by atoms with E-state index < -0.39 is 0 Å². The molecule has 1 aliphatic rings. The molecule has 2 amide bonds. The number of amides is 2. The van der Waals surface area contributed by atoms with E-state index >= 15 is 0 Å². The molecule has 0 bridgehead atoms. The van der Waals surface area contributed by atoms with E-state index in [-0.39, 0.29) is 12.1 Å². The molecule has 21 heavy (non-hydrogen) atoms. The number of nitrogens with zero attached hydrogens (tertiary/aromatic N) is 1. The average molecular weight is 284 g/mol. The summed E-state index contributed by atoms with van der Waals surface area (Å²) in [4.78, 5) is 11.9. The lowest BCUT2D eigenvalue weighted by atomic mass is 9.94. The summed E-state index contributed by atoms with van der Waals surface area (Å²) in [6, 6.07) is 10.3. The van der Waals surface area contributed by atoms with Crippen LogP contribution in [-0.2, 0) is 19.3 Å². The van der Waals surface area contributed by atoms with Crippen LogP contribution in [0.1, 0.15) is 23.2 Å². The number of hydrogen-bond donors (Lipinski definition) is 3. The standard InChI is InChI=1S/C16H20N4O/c21-16(17-9-8-12-4-2-1-3-5-12)19-14-7-6-13-11-18-20-15(13)10-14/h1-5,11,14H,6-10H2,(H,18,20)(H2,17,19,21). The van der Waals surface area contributed by atoms with Crippen molar-refractivity contribution in [2.75, 3.05) is 6.54 Å². The maximum absolute atomic E-state index is 11.9. The first-order chi connectivity index (χ1) is 10.3. The maximum Gasteiger partial charge on any atom is 0.315 e. The van der Waals surface area contributed by atoms with Crippen molar-refractivity contribution in [3.05, 3.63) is 53.3 Å². The summed E-state index contributed by atoms with van der Waals surface area (Å²) < 4.78 is 0. The third-order valence-electron chi connectivity index (χ3n) is 3.90. The number of hydrogen-bond acceptors (Lipinski definition) is 2. The molecule has 2 aromatic rings. The molecule has 1 atom stereocenters. The lowest BCUT2D eigenvalue weighted by molar-refractivity contribution is 0.235. The minimum Gasteiger partial charge on any atom is -0.338 e. The molecule has 3 rings (SSSR count). The lowest BCUT2D eigenvalue weighted by Crippen LogP contribution is -2.45. The molecule has 110 valence electrons. The largest absolute Gasteiger partial charge is 0.338 e. The fourth-order valence-corrected chi connectivity index (χ4v) is 2.73. The summed E-state index contributed by atoms with van der Waals surface area (Å²) in [6.45, 7) is 0.651. The minimum absolute atomic E-state index is 0.0844. The van der Waals surface area contributed by atoms with Gasteiger partial charge in [-0.1, -0.05) is 30.3 Å². The second-order valence-corrected chi connectivity index (χ2v) is 5.45. The van der Waals surface area contributed by atoms with Gasteiger partial charge in [-0.3, -0.25) is 5.10 Å². The predicted octanol–water partition coefficient (Wildman–Crippen LogP) is 1.81. The van der Waals surface area contributed by atoms with E-state index in [0.29, 0.717) is 6.54 Å². The SMILES string of the molecule is O=C(NCCc1ccccc1)NC1CCc2cn[nH]c2C1. The normalized spacial score (nSPS) is 17.0. The van der Waals surface area contributed by atoms with Gasteiger partial charge in [0.15, 0.2) is 0 Å². The van der Waals surface area contributed by atoms with Crippen LogP contribution >= 0.6 is 0 Å². The molecule has 0 saturated heterocycles. The van der Waals surface area contributed by atoms with Crippen LogP contribution in [0.3, 0.4) is 0 Å². The fourth-order valence-electron chi connectivity index (χ4n) is 2.73. The molecule has 5 nitrogen and oxygen atoms in total. The summed E-state index contributed by atoms with van der Waals surface area (Å²) in [6.07, 6.45) is 5.51. The summed E-state index contributed by atoms with van der Waals surface area (Å²) in [7, 11) is 0. The van der Waals surface area contributed by atoms with Gasteiger partial charge in [-0.25, -0.2) is 4.79 Å². The summed E-state index contributed by atoms with van der Waals surface area (Å²) in [5, 5.41) is 13.0. The molecule has 1 heterocycles. The van der Waals surface area contributed by atoms with Gasteiger partial charge < -0.3 is 10.6 Å². The minimum atomic E-state index is -0.0844. The van der Waals surface area contributed by atoms with Crippen molar-refractivity contribution in [1.29, 1.82) is 0 Å². The zero-order valence-corrected chi connectivity index (χ0v) is 11.9. The van der Waals surface area contributed by atoms with E-state index in [0.717, 1.165) is 31.4 Å². The first kappa shape index (κ1) is 13.7. The van der Waals surface area contributed by atoms with Crippen molar-refractivity contribution < 1.29 is 4.79 Å². The Bertz CT molecular complexity index is 593. The second kappa shape index (κ2) is 6.43. The van der Waals surface area contributed by atoms with Crippen LogP contribution in [0.25, 0.3) is 0 Å². The molecule has 1 aliphatic carbocycles. The highest BCUT2D eigenvalue weighted by molar-refractivity contribution is 5.74. The monoisotopic (exact) mass is 284 g/mol. The van der Waals surface area contributed by atoms with Gasteiger partial charge in [0.05, 0.1) is 6.20 Å². The first-order valence-electron chi connectivity index (χ1n) is 7.40. The molecular weight excluding hydrogens is 264 g/mol. The number of fused-ring (bicyclic) bond motifs is 1. The third kappa shape index (κ3) is 3.62. The van der Waals surface area contributed by atoms with Gasteiger partial charge in [-0.2, -0.15) is 5.10 Å². The molecule has 3 N–H and O–H groups in total. The Morgan fingerprint density at radius 1 is 1.33 bits per heavy atom. The van der Waals surface area contributed by atoms with E-state index in [1.807, 2.05) is 24.4 Å². The molecule has 0 spiro atoms. The smallest absolute Gasteiger partial charge is 0.315 e. The number of aromatic amines is 1. The van der Waals surface area contributed by atoms with Gasteiger partial charge >= 0.3 is 6.03 Å². The van der Waals surface area contributed by atoms with E-state index in [9.17, 15) is 4.79 Å². The van der Waals surface area contributed by atoms with Crippen LogP contribution in [0.5, 0.6) is 0 Å². The molecule has 0 aliphatic heterocycles. The maximum atomic E-state index is 11.9. The highest BCUT2D eigenvalue weighted by atomic mass is 16.2. The molecule has 0 radical (unpaired) electrons. The Morgan fingerprint density at radius 2 is 2.19 bits per heavy atom. The van der Waals surface area contributed by atoms with Crippen molar-refractivity contribution in [2.45, 2.75) is 31.7 Å². The predicted molar refractivity (Wildman–Crippen MR) is 81.1 cm³/mol. The first-order valence-corrected chi connectivity index (χ1v) is 7.40. The Hall–Kier alpha value is -2.30. The van der Waals surface area contributed by atoms with E-state index in [1.54, 1.807) is 0 Å². The quantitative estimate of drug-likeness (QED) is 0.801. The average Bonchev–Trinajstić information content (AvgIpc) is 2.96. The van der Waals surface area contributed by atoms with Crippen LogP contribution in [0, 0.1) is 0 Å². The van der Waals surface area contributed by atoms with Gasteiger partial charge in [0.25, 0.3) is 0 Å². The van der Waals surface area contributed by atoms with Crippen molar-refractivity contribution in [3.63, 3.8) is 0 Å². The van der Waals surface area contributed by atoms with Crippen molar-refractivity contribution in [2.24, 2.45) is 0 Å². The number of nitrogens with one attached hydrogen (secondary N) is 3.